The van der Waals surface area contributed by atoms with Crippen molar-refractivity contribution in [2.75, 3.05) is 19.3 Å². The van der Waals surface area contributed by atoms with Crippen LogP contribution in [-0.4, -0.2) is 43.9 Å². The molecular weight excluding hydrogens is 300 g/mol. The van der Waals surface area contributed by atoms with E-state index in [-0.39, 0.29) is 18.6 Å². The minimum atomic E-state index is -3.08. The van der Waals surface area contributed by atoms with Crippen LogP contribution in [0, 0.1) is 13.8 Å². The van der Waals surface area contributed by atoms with Gasteiger partial charge in [-0.05, 0) is 43.9 Å². The van der Waals surface area contributed by atoms with E-state index in [1.54, 1.807) is 4.90 Å². The third-order valence-electron chi connectivity index (χ3n) is 4.35. The van der Waals surface area contributed by atoms with Crippen LogP contribution < -0.4 is 5.32 Å². The Morgan fingerprint density at radius 2 is 1.91 bits per heavy atom. The number of benzene rings is 1. The lowest BCUT2D eigenvalue weighted by atomic mass is 9.97. The molecule has 2 atom stereocenters. The van der Waals surface area contributed by atoms with Gasteiger partial charge in [-0.1, -0.05) is 18.2 Å². The second-order valence-electron chi connectivity index (χ2n) is 6.16. The molecule has 0 aliphatic carbocycles. The van der Waals surface area contributed by atoms with Gasteiger partial charge in [0.05, 0.1) is 11.3 Å². The van der Waals surface area contributed by atoms with Gasteiger partial charge in [-0.3, -0.25) is 0 Å². The lowest BCUT2D eigenvalue weighted by molar-refractivity contribution is 0.205. The molecule has 1 aliphatic rings. The second kappa shape index (κ2) is 6.28. The summed E-state index contributed by atoms with van der Waals surface area (Å²) in [7, 11) is -3.08. The van der Waals surface area contributed by atoms with Crippen LogP contribution in [0.1, 0.15) is 36.1 Å². The van der Waals surface area contributed by atoms with Crippen LogP contribution in [0.2, 0.25) is 0 Å². The molecular formula is C16H24N2O3S. The van der Waals surface area contributed by atoms with Crippen molar-refractivity contribution in [2.24, 2.45) is 0 Å². The molecule has 6 heteroatoms. The van der Waals surface area contributed by atoms with Crippen molar-refractivity contribution in [1.82, 2.24) is 10.2 Å². The molecule has 0 unspecified atom stereocenters. The summed E-state index contributed by atoms with van der Waals surface area (Å²) in [6.45, 7) is 6.78. The van der Waals surface area contributed by atoms with E-state index in [4.69, 9.17) is 0 Å². The molecule has 1 aromatic carbocycles. The number of carbonyl (C=O) groups excluding carboxylic acids is 1. The minimum absolute atomic E-state index is 0.106. The van der Waals surface area contributed by atoms with E-state index < -0.39 is 15.1 Å². The van der Waals surface area contributed by atoms with Gasteiger partial charge in [0.1, 0.15) is 0 Å². The number of nitrogens with one attached hydrogen (secondary N) is 1. The van der Waals surface area contributed by atoms with Crippen LogP contribution in [-0.2, 0) is 9.84 Å². The first-order valence-electron chi connectivity index (χ1n) is 7.50. The van der Waals surface area contributed by atoms with Gasteiger partial charge in [-0.2, -0.15) is 0 Å². The zero-order chi connectivity index (χ0) is 16.5. The quantitative estimate of drug-likeness (QED) is 0.927. The third kappa shape index (κ3) is 3.61. The van der Waals surface area contributed by atoms with E-state index in [0.29, 0.717) is 13.0 Å². The molecule has 5 nitrogen and oxygen atoms in total. The van der Waals surface area contributed by atoms with Crippen molar-refractivity contribution in [1.29, 1.82) is 0 Å². The standard InChI is InChI=1S/C16H24N2O3S/c1-11-6-5-7-12(2)15(11)13(3)17-16(19)18-9-8-14(10-18)22(4,20)21/h5-7,13-14H,8-10H2,1-4H3,(H,17,19)/t13-,14+/m0/s1. The molecule has 0 bridgehead atoms. The van der Waals surface area contributed by atoms with Crippen molar-refractivity contribution in [3.05, 3.63) is 34.9 Å². The highest BCUT2D eigenvalue weighted by Crippen LogP contribution is 2.22. The molecule has 0 radical (unpaired) electrons. The Balaban J connectivity index is 2.04. The molecule has 2 amide bonds. The first-order valence-corrected chi connectivity index (χ1v) is 9.46. The number of aryl methyl sites for hydroxylation is 2. The average molecular weight is 324 g/mol. The number of nitrogens with zero attached hydrogens (tertiary/aromatic N) is 1. The van der Waals surface area contributed by atoms with Gasteiger partial charge < -0.3 is 10.2 Å². The zero-order valence-corrected chi connectivity index (χ0v) is 14.4. The SMILES string of the molecule is Cc1cccc(C)c1[C@H](C)NC(=O)N1CC[C@@H](S(C)(=O)=O)C1. The third-order valence-corrected chi connectivity index (χ3v) is 5.95. The summed E-state index contributed by atoms with van der Waals surface area (Å²) < 4.78 is 23.2. The normalized spacial score (nSPS) is 20.0. The van der Waals surface area contributed by atoms with Crippen molar-refractivity contribution in [2.45, 2.75) is 38.5 Å². The molecule has 1 heterocycles. The maximum absolute atomic E-state index is 12.3. The Morgan fingerprint density at radius 1 is 1.32 bits per heavy atom. The van der Waals surface area contributed by atoms with Crippen LogP contribution in [0.3, 0.4) is 0 Å². The van der Waals surface area contributed by atoms with Crippen LogP contribution in [0.5, 0.6) is 0 Å². The van der Waals surface area contributed by atoms with Crippen LogP contribution in [0.15, 0.2) is 18.2 Å². The monoisotopic (exact) mass is 324 g/mol. The highest BCUT2D eigenvalue weighted by atomic mass is 32.2. The first kappa shape index (κ1) is 16.8. The number of hydrogen-bond acceptors (Lipinski definition) is 3. The highest BCUT2D eigenvalue weighted by molar-refractivity contribution is 7.91. The Kier molecular flexibility index (Phi) is 4.80. The van der Waals surface area contributed by atoms with Crippen LogP contribution in [0.25, 0.3) is 0 Å². The molecule has 0 spiro atoms. The molecule has 1 aromatic rings. The number of sulfone groups is 1. The number of hydrogen-bond donors (Lipinski definition) is 1. The van der Waals surface area contributed by atoms with Crippen LogP contribution >= 0.6 is 0 Å². The largest absolute Gasteiger partial charge is 0.331 e. The lowest BCUT2D eigenvalue weighted by Crippen LogP contribution is -2.41. The molecule has 0 saturated carbocycles. The number of carbonyl (C=O) groups is 1. The number of rotatable bonds is 3. The molecule has 1 N–H and O–H groups in total. The van der Waals surface area contributed by atoms with Gasteiger partial charge >= 0.3 is 6.03 Å². The minimum Gasteiger partial charge on any atom is -0.331 e. The number of urea groups is 1. The smallest absolute Gasteiger partial charge is 0.317 e. The Hall–Kier alpha value is -1.56. The first-order chi connectivity index (χ1) is 10.2. The van der Waals surface area contributed by atoms with Gasteiger partial charge in [-0.25, -0.2) is 13.2 Å². The highest BCUT2D eigenvalue weighted by Gasteiger charge is 2.33. The fourth-order valence-corrected chi connectivity index (χ4v) is 4.11. The average Bonchev–Trinajstić information content (AvgIpc) is 2.87. The number of amides is 2. The molecule has 1 saturated heterocycles. The van der Waals surface area contributed by atoms with E-state index in [9.17, 15) is 13.2 Å². The maximum atomic E-state index is 12.3. The van der Waals surface area contributed by atoms with E-state index in [0.717, 1.165) is 16.7 Å². The zero-order valence-electron chi connectivity index (χ0n) is 13.6. The van der Waals surface area contributed by atoms with E-state index >= 15 is 0 Å². The van der Waals surface area contributed by atoms with Gasteiger partial charge in [0, 0.05) is 19.3 Å². The van der Waals surface area contributed by atoms with Crippen molar-refractivity contribution < 1.29 is 13.2 Å². The molecule has 2 rings (SSSR count). The summed E-state index contributed by atoms with van der Waals surface area (Å²) in [6.07, 6.45) is 1.75. The second-order valence-corrected chi connectivity index (χ2v) is 8.49. The summed E-state index contributed by atoms with van der Waals surface area (Å²) in [6, 6.07) is 5.76. The van der Waals surface area contributed by atoms with Gasteiger partial charge in [0.2, 0.25) is 0 Å². The van der Waals surface area contributed by atoms with Crippen LogP contribution in [0.4, 0.5) is 4.79 Å². The molecule has 0 aromatic heterocycles. The van der Waals surface area contributed by atoms with Crippen molar-refractivity contribution in [3.63, 3.8) is 0 Å². The van der Waals surface area contributed by atoms with Crippen molar-refractivity contribution >= 4 is 15.9 Å². The Morgan fingerprint density at radius 3 is 2.41 bits per heavy atom. The molecule has 122 valence electrons. The molecule has 1 fully saturated rings. The predicted molar refractivity (Wildman–Crippen MR) is 87.7 cm³/mol. The summed E-state index contributed by atoms with van der Waals surface area (Å²) in [4.78, 5) is 13.9. The maximum Gasteiger partial charge on any atom is 0.317 e. The van der Waals surface area contributed by atoms with Gasteiger partial charge in [0.25, 0.3) is 0 Å². The fraction of sp³-hybridized carbons (Fsp3) is 0.562. The van der Waals surface area contributed by atoms with E-state index in [1.165, 1.54) is 6.26 Å². The van der Waals surface area contributed by atoms with Gasteiger partial charge in [-0.15, -0.1) is 0 Å². The molecule has 1 aliphatic heterocycles. The summed E-state index contributed by atoms with van der Waals surface area (Å²) in [5.74, 6) is 0. The van der Waals surface area contributed by atoms with E-state index in [2.05, 4.69) is 5.32 Å². The summed E-state index contributed by atoms with van der Waals surface area (Å²) in [5.41, 5.74) is 3.40. The topological polar surface area (TPSA) is 66.5 Å². The molecule has 22 heavy (non-hydrogen) atoms. The van der Waals surface area contributed by atoms with E-state index in [1.807, 2.05) is 39.0 Å². The summed E-state index contributed by atoms with van der Waals surface area (Å²) >= 11 is 0. The number of likely N-dealkylation sites (tertiary alicyclic amines) is 1. The lowest BCUT2D eigenvalue weighted by Gasteiger charge is -2.23. The van der Waals surface area contributed by atoms with Crippen molar-refractivity contribution in [3.8, 4) is 0 Å². The Bertz CT molecular complexity index is 650. The Labute approximate surface area is 132 Å². The van der Waals surface area contributed by atoms with Gasteiger partial charge in [0.15, 0.2) is 9.84 Å². The predicted octanol–water partition coefficient (Wildman–Crippen LogP) is 2.19. The fourth-order valence-electron chi connectivity index (χ4n) is 3.12. The summed E-state index contributed by atoms with van der Waals surface area (Å²) in [5, 5.41) is 2.55.